The minimum Gasteiger partial charge on any atom is -0.454 e. The van der Waals surface area contributed by atoms with Gasteiger partial charge < -0.3 is 24.7 Å². The molecule has 39 heavy (non-hydrogen) atoms. The first-order valence-corrected chi connectivity index (χ1v) is 12.2. The molecule has 0 saturated heterocycles. The van der Waals surface area contributed by atoms with Crippen LogP contribution in [0.4, 0.5) is 10.1 Å². The van der Waals surface area contributed by atoms with Gasteiger partial charge in [-0.1, -0.05) is 0 Å². The molecule has 0 spiro atoms. The second-order valence-electron chi connectivity index (χ2n) is 9.01. The van der Waals surface area contributed by atoms with Crippen LogP contribution in [0.15, 0.2) is 77.9 Å². The summed E-state index contributed by atoms with van der Waals surface area (Å²) in [6, 6.07) is 15.0. The van der Waals surface area contributed by atoms with Crippen molar-refractivity contribution in [2.75, 3.05) is 19.2 Å². The Labute approximate surface area is 223 Å². The summed E-state index contributed by atoms with van der Waals surface area (Å²) in [5.74, 6) is 0.0410. The van der Waals surface area contributed by atoms with Crippen LogP contribution in [0, 0.1) is 5.82 Å². The first-order chi connectivity index (χ1) is 18.8. The molecule has 0 radical (unpaired) electrons. The third-order valence-corrected chi connectivity index (χ3v) is 6.43. The number of hydrogen-bond acceptors (Lipinski definition) is 7. The Morgan fingerprint density at radius 1 is 1.00 bits per heavy atom. The molecule has 0 fully saturated rings. The molecule has 10 heteroatoms. The molecule has 0 aliphatic carbocycles. The average Bonchev–Trinajstić information content (AvgIpc) is 3.43. The molecule has 2 aromatic carbocycles. The third kappa shape index (κ3) is 5.41. The third-order valence-electron chi connectivity index (χ3n) is 6.43. The summed E-state index contributed by atoms with van der Waals surface area (Å²) in [4.78, 5) is 43.4. The fourth-order valence-electron chi connectivity index (χ4n) is 4.16. The maximum atomic E-state index is 13.7. The number of ether oxygens (including phenoxy) is 2. The highest BCUT2D eigenvalue weighted by atomic mass is 19.1. The molecule has 0 bridgehead atoms. The summed E-state index contributed by atoms with van der Waals surface area (Å²) in [5.41, 5.74) is 2.13. The van der Waals surface area contributed by atoms with Crippen molar-refractivity contribution in [3.8, 4) is 22.8 Å². The van der Waals surface area contributed by atoms with Crippen LogP contribution in [0.2, 0.25) is 0 Å². The monoisotopic (exact) mass is 528 g/mol. The van der Waals surface area contributed by atoms with E-state index >= 15 is 0 Å². The predicted molar refractivity (Wildman–Crippen MR) is 143 cm³/mol. The van der Waals surface area contributed by atoms with Gasteiger partial charge in [-0.05, 0) is 80.2 Å². The number of fused-ring (bicyclic) bond motifs is 1. The number of carbonyl (C=O) groups is 2. The second-order valence-corrected chi connectivity index (χ2v) is 9.01. The number of nitrogens with one attached hydrogen (secondary N) is 2. The van der Waals surface area contributed by atoms with Gasteiger partial charge in [0.25, 0.3) is 5.56 Å². The Balaban J connectivity index is 1.54. The number of anilines is 1. The van der Waals surface area contributed by atoms with E-state index in [-0.39, 0.29) is 30.7 Å². The lowest BCUT2D eigenvalue weighted by molar-refractivity contribution is -0.117. The molecule has 1 amide bonds. The first kappa shape index (κ1) is 25.8. The van der Waals surface area contributed by atoms with E-state index in [1.54, 1.807) is 50.5 Å². The number of pyridine rings is 2. The predicted octanol–water partition coefficient (Wildman–Crippen LogP) is 3.60. The van der Waals surface area contributed by atoms with Gasteiger partial charge in [-0.25, -0.2) is 4.39 Å². The normalized spacial score (nSPS) is 12.7. The molecule has 198 valence electrons. The molecular formula is C29H25FN4O5. The highest BCUT2D eigenvalue weighted by molar-refractivity contribution is 6.08. The van der Waals surface area contributed by atoms with E-state index in [2.05, 4.69) is 15.6 Å². The smallest absolute Gasteiger partial charge is 0.275 e. The van der Waals surface area contributed by atoms with E-state index < -0.39 is 17.4 Å². The van der Waals surface area contributed by atoms with Crippen LogP contribution in [0.1, 0.15) is 28.4 Å². The van der Waals surface area contributed by atoms with Crippen LogP contribution in [-0.2, 0) is 11.3 Å². The number of nitrogens with zero attached hydrogens (tertiary/aromatic N) is 2. The molecule has 4 aromatic rings. The first-order valence-electron chi connectivity index (χ1n) is 12.2. The molecule has 1 aliphatic rings. The zero-order valence-electron chi connectivity index (χ0n) is 21.2. The van der Waals surface area contributed by atoms with E-state index in [4.69, 9.17) is 9.47 Å². The zero-order chi connectivity index (χ0) is 27.5. The van der Waals surface area contributed by atoms with Crippen LogP contribution in [0.5, 0.6) is 11.5 Å². The molecule has 0 saturated carbocycles. The number of rotatable bonds is 8. The van der Waals surface area contributed by atoms with Crippen molar-refractivity contribution in [1.29, 1.82) is 0 Å². The lowest BCUT2D eigenvalue weighted by Crippen LogP contribution is -2.37. The van der Waals surface area contributed by atoms with Gasteiger partial charge in [-0.15, -0.1) is 0 Å². The molecule has 9 nitrogen and oxygen atoms in total. The van der Waals surface area contributed by atoms with Gasteiger partial charge in [0.2, 0.25) is 12.7 Å². The maximum absolute atomic E-state index is 13.7. The van der Waals surface area contributed by atoms with Crippen molar-refractivity contribution in [2.24, 2.45) is 0 Å². The molecule has 1 aliphatic heterocycles. The highest BCUT2D eigenvalue weighted by Crippen LogP contribution is 2.36. The van der Waals surface area contributed by atoms with Gasteiger partial charge in [-0.3, -0.25) is 19.4 Å². The van der Waals surface area contributed by atoms with Crippen molar-refractivity contribution in [1.82, 2.24) is 14.9 Å². The SMILES string of the molecule is CN[C@@H](C)C(=O)Nc1ccc(-c2ccc3c(c2)OCO3)n(Cc2cncc(C(=O)c3ccc(F)cc3)c2)c1=O. The zero-order valence-corrected chi connectivity index (χ0v) is 21.2. The summed E-state index contributed by atoms with van der Waals surface area (Å²) in [6.45, 7) is 1.86. The number of ketones is 1. The van der Waals surface area contributed by atoms with Crippen molar-refractivity contribution < 1.29 is 23.5 Å². The molecule has 2 N–H and O–H groups in total. The molecule has 2 aromatic heterocycles. The highest BCUT2D eigenvalue weighted by Gasteiger charge is 2.19. The molecule has 1 atom stereocenters. The summed E-state index contributed by atoms with van der Waals surface area (Å²) in [5, 5.41) is 5.53. The van der Waals surface area contributed by atoms with E-state index in [0.717, 1.165) is 0 Å². The van der Waals surface area contributed by atoms with Crippen LogP contribution in [0.3, 0.4) is 0 Å². The Hall–Kier alpha value is -4.83. The van der Waals surface area contributed by atoms with Gasteiger partial charge >= 0.3 is 0 Å². The molecular weight excluding hydrogens is 503 g/mol. The van der Waals surface area contributed by atoms with Crippen LogP contribution < -0.4 is 25.7 Å². The van der Waals surface area contributed by atoms with Gasteiger partial charge in [0.1, 0.15) is 11.5 Å². The molecule has 5 rings (SSSR count). The van der Waals surface area contributed by atoms with Crippen molar-refractivity contribution in [3.05, 3.63) is 106 Å². The number of halogens is 1. The van der Waals surface area contributed by atoms with Crippen molar-refractivity contribution in [3.63, 3.8) is 0 Å². The summed E-state index contributed by atoms with van der Waals surface area (Å²) in [7, 11) is 1.65. The Kier molecular flexibility index (Phi) is 7.20. The average molecular weight is 529 g/mol. The minimum absolute atomic E-state index is 0.0610. The molecule has 3 heterocycles. The Bertz CT molecular complexity index is 1620. The fourth-order valence-corrected chi connectivity index (χ4v) is 4.16. The van der Waals surface area contributed by atoms with Gasteiger partial charge in [0.15, 0.2) is 17.3 Å². The fraction of sp³-hybridized carbons (Fsp3) is 0.172. The molecule has 0 unspecified atom stereocenters. The van der Waals surface area contributed by atoms with Crippen molar-refractivity contribution >= 4 is 17.4 Å². The summed E-state index contributed by atoms with van der Waals surface area (Å²) >= 11 is 0. The summed E-state index contributed by atoms with van der Waals surface area (Å²) < 4.78 is 25.7. The number of benzene rings is 2. The Morgan fingerprint density at radius 2 is 1.77 bits per heavy atom. The van der Waals surface area contributed by atoms with E-state index in [0.29, 0.717) is 39.4 Å². The quantitative estimate of drug-likeness (QED) is 0.336. The topological polar surface area (TPSA) is 112 Å². The number of amides is 1. The van der Waals surface area contributed by atoms with Crippen LogP contribution in [-0.4, -0.2) is 41.1 Å². The lowest BCUT2D eigenvalue weighted by Gasteiger charge is -2.17. The summed E-state index contributed by atoms with van der Waals surface area (Å²) in [6.07, 6.45) is 2.98. The van der Waals surface area contributed by atoms with Gasteiger partial charge in [0, 0.05) is 29.1 Å². The van der Waals surface area contributed by atoms with Gasteiger partial charge in [-0.2, -0.15) is 0 Å². The van der Waals surface area contributed by atoms with Crippen LogP contribution >= 0.6 is 0 Å². The van der Waals surface area contributed by atoms with Crippen LogP contribution in [0.25, 0.3) is 11.3 Å². The lowest BCUT2D eigenvalue weighted by atomic mass is 10.0. The van der Waals surface area contributed by atoms with E-state index in [1.165, 1.54) is 35.0 Å². The second kappa shape index (κ2) is 10.9. The van der Waals surface area contributed by atoms with Crippen molar-refractivity contribution in [2.45, 2.75) is 19.5 Å². The number of likely N-dealkylation sites (N-methyl/N-ethyl adjacent to an activating group) is 1. The number of aromatic nitrogens is 2. The Morgan fingerprint density at radius 3 is 2.54 bits per heavy atom. The standard InChI is InChI=1S/C29H25FN4O5/c1-17(31-2)28(36)33-23-8-9-24(20-5-10-25-26(12-20)39-16-38-25)34(29(23)37)15-18-11-21(14-32-13-18)27(35)19-3-6-22(30)7-4-19/h3-14,17,31H,15-16H2,1-2H3,(H,33,36)/t17-/m0/s1. The minimum atomic E-state index is -0.509. The number of hydrogen-bond donors (Lipinski definition) is 2. The maximum Gasteiger partial charge on any atom is 0.275 e. The largest absolute Gasteiger partial charge is 0.454 e. The number of carbonyl (C=O) groups excluding carboxylic acids is 2. The van der Waals surface area contributed by atoms with E-state index in [1.807, 2.05) is 6.07 Å². The van der Waals surface area contributed by atoms with Gasteiger partial charge in [0.05, 0.1) is 18.3 Å². The van der Waals surface area contributed by atoms with E-state index in [9.17, 15) is 18.8 Å².